The minimum absolute atomic E-state index is 0.0885. The Hall–Kier alpha value is -3.34. The van der Waals surface area contributed by atoms with E-state index in [4.69, 9.17) is 4.74 Å². The molecule has 28 heavy (non-hydrogen) atoms. The van der Waals surface area contributed by atoms with Crippen LogP contribution in [-0.2, 0) is 25.9 Å². The van der Waals surface area contributed by atoms with Crippen LogP contribution < -0.4 is 5.32 Å². The number of ether oxygens (including phenoxy) is 1. The first-order valence-electron chi connectivity index (χ1n) is 7.74. The van der Waals surface area contributed by atoms with Gasteiger partial charge in [0.1, 0.15) is 10.7 Å². The molecular formula is C17H15FN2O7S. The van der Waals surface area contributed by atoms with Crippen LogP contribution in [0.5, 0.6) is 0 Å². The molecule has 0 unspecified atom stereocenters. The summed E-state index contributed by atoms with van der Waals surface area (Å²) >= 11 is 0. The smallest absolute Gasteiger partial charge is 0.338 e. The topological polar surface area (TPSA) is 133 Å². The summed E-state index contributed by atoms with van der Waals surface area (Å²) in [4.78, 5) is 33.3. The molecule has 0 aliphatic rings. The molecule has 2 rings (SSSR count). The summed E-state index contributed by atoms with van der Waals surface area (Å²) in [5.41, 5.74) is -0.406. The van der Waals surface area contributed by atoms with Crippen LogP contribution in [0, 0.1) is 15.9 Å². The first-order chi connectivity index (χ1) is 13.1. The monoisotopic (exact) mass is 410 g/mol. The fourth-order valence-electron chi connectivity index (χ4n) is 2.17. The molecule has 0 saturated heterocycles. The van der Waals surface area contributed by atoms with Crippen LogP contribution in [0.15, 0.2) is 47.4 Å². The predicted octanol–water partition coefficient (Wildman–Crippen LogP) is 1.61. The second kappa shape index (κ2) is 8.57. The highest BCUT2D eigenvalue weighted by molar-refractivity contribution is 7.90. The van der Waals surface area contributed by atoms with Gasteiger partial charge in [-0.25, -0.2) is 17.6 Å². The molecule has 0 bridgehead atoms. The minimum atomic E-state index is -3.86. The van der Waals surface area contributed by atoms with Gasteiger partial charge in [0, 0.05) is 18.9 Å². The van der Waals surface area contributed by atoms with Crippen molar-refractivity contribution in [3.05, 3.63) is 69.5 Å². The predicted molar refractivity (Wildman–Crippen MR) is 94.7 cm³/mol. The summed E-state index contributed by atoms with van der Waals surface area (Å²) in [5.74, 6) is -2.08. The summed E-state index contributed by atoms with van der Waals surface area (Å²) < 4.78 is 40.7. The summed E-state index contributed by atoms with van der Waals surface area (Å²) in [5, 5.41) is 13.5. The van der Waals surface area contributed by atoms with Crippen LogP contribution in [0.4, 0.5) is 10.1 Å². The second-order valence-corrected chi connectivity index (χ2v) is 7.68. The number of benzene rings is 2. The molecule has 0 aromatic heterocycles. The van der Waals surface area contributed by atoms with Gasteiger partial charge < -0.3 is 10.1 Å². The molecular weight excluding hydrogens is 395 g/mol. The number of nitrogens with zero attached hydrogens (tertiary/aromatic N) is 1. The maximum absolute atomic E-state index is 12.8. The van der Waals surface area contributed by atoms with Crippen LogP contribution in [0.3, 0.4) is 0 Å². The SMILES string of the molecule is CS(=O)(=O)c1ccc(C(=O)OCC(=O)NCc2ccc(F)cc2)cc1[N+](=O)[O-]. The molecule has 0 radical (unpaired) electrons. The average Bonchev–Trinajstić information content (AvgIpc) is 2.64. The molecule has 1 amide bonds. The minimum Gasteiger partial charge on any atom is -0.452 e. The van der Waals surface area contributed by atoms with Crippen molar-refractivity contribution in [3.63, 3.8) is 0 Å². The van der Waals surface area contributed by atoms with Gasteiger partial charge in [-0.05, 0) is 29.8 Å². The number of nitro benzene ring substituents is 1. The number of amides is 1. The van der Waals surface area contributed by atoms with Gasteiger partial charge in [-0.1, -0.05) is 12.1 Å². The molecule has 9 nitrogen and oxygen atoms in total. The van der Waals surface area contributed by atoms with E-state index in [9.17, 15) is 32.5 Å². The molecule has 0 aliphatic carbocycles. The largest absolute Gasteiger partial charge is 0.452 e. The fourth-order valence-corrected chi connectivity index (χ4v) is 3.00. The molecule has 0 aliphatic heterocycles. The summed E-state index contributed by atoms with van der Waals surface area (Å²) in [7, 11) is -3.86. The number of hydrogen-bond acceptors (Lipinski definition) is 7. The van der Waals surface area contributed by atoms with Gasteiger partial charge in [-0.15, -0.1) is 0 Å². The molecule has 2 aromatic carbocycles. The Kier molecular flexibility index (Phi) is 6.41. The van der Waals surface area contributed by atoms with E-state index in [2.05, 4.69) is 5.32 Å². The Bertz CT molecular complexity index is 1020. The number of carbonyl (C=O) groups is 2. The van der Waals surface area contributed by atoms with Crippen molar-refractivity contribution < 1.29 is 32.1 Å². The Morgan fingerprint density at radius 3 is 2.39 bits per heavy atom. The van der Waals surface area contributed by atoms with Crippen molar-refractivity contribution in [1.29, 1.82) is 0 Å². The zero-order valence-corrected chi connectivity index (χ0v) is 15.4. The van der Waals surface area contributed by atoms with E-state index >= 15 is 0 Å². The highest BCUT2D eigenvalue weighted by Crippen LogP contribution is 2.25. The van der Waals surface area contributed by atoms with Crippen molar-refractivity contribution in [2.45, 2.75) is 11.4 Å². The number of halogens is 1. The maximum Gasteiger partial charge on any atom is 0.338 e. The van der Waals surface area contributed by atoms with E-state index in [1.807, 2.05) is 0 Å². The Labute approximate surface area is 159 Å². The first kappa shape index (κ1) is 21.0. The van der Waals surface area contributed by atoms with Gasteiger partial charge in [0.25, 0.3) is 11.6 Å². The Morgan fingerprint density at radius 2 is 1.82 bits per heavy atom. The van der Waals surface area contributed by atoms with E-state index in [1.54, 1.807) is 0 Å². The van der Waals surface area contributed by atoms with Crippen LogP contribution in [0.2, 0.25) is 0 Å². The standard InChI is InChI=1S/C17H15FN2O7S/c1-28(25,26)15-7-4-12(8-14(15)20(23)24)17(22)27-10-16(21)19-9-11-2-5-13(18)6-3-11/h2-8H,9-10H2,1H3,(H,19,21). The van der Waals surface area contributed by atoms with E-state index in [-0.39, 0.29) is 12.1 Å². The molecule has 0 spiro atoms. The van der Waals surface area contributed by atoms with Gasteiger partial charge in [0.15, 0.2) is 16.4 Å². The van der Waals surface area contributed by atoms with Gasteiger partial charge in [0.2, 0.25) is 0 Å². The molecule has 11 heteroatoms. The van der Waals surface area contributed by atoms with Crippen LogP contribution in [-0.4, -0.2) is 38.1 Å². The van der Waals surface area contributed by atoms with E-state index in [0.717, 1.165) is 24.5 Å². The number of rotatable bonds is 7. The van der Waals surface area contributed by atoms with Crippen molar-refractivity contribution in [2.75, 3.05) is 12.9 Å². The number of sulfone groups is 1. The van der Waals surface area contributed by atoms with Crippen molar-refractivity contribution >= 4 is 27.4 Å². The second-order valence-electron chi connectivity index (χ2n) is 5.69. The number of esters is 1. The Balaban J connectivity index is 1.98. The molecule has 0 heterocycles. The Morgan fingerprint density at radius 1 is 1.18 bits per heavy atom. The zero-order valence-electron chi connectivity index (χ0n) is 14.5. The summed E-state index contributed by atoms with van der Waals surface area (Å²) in [6, 6.07) is 8.17. The molecule has 0 atom stereocenters. The lowest BCUT2D eigenvalue weighted by molar-refractivity contribution is -0.387. The van der Waals surface area contributed by atoms with Gasteiger partial charge in [-0.3, -0.25) is 14.9 Å². The number of nitro groups is 1. The van der Waals surface area contributed by atoms with Crippen molar-refractivity contribution in [3.8, 4) is 0 Å². The molecule has 2 aromatic rings. The highest BCUT2D eigenvalue weighted by Gasteiger charge is 2.24. The quantitative estimate of drug-likeness (QED) is 0.416. The maximum atomic E-state index is 12.8. The zero-order chi connectivity index (χ0) is 20.9. The lowest BCUT2D eigenvalue weighted by Gasteiger charge is -2.07. The third kappa shape index (κ3) is 5.58. The average molecular weight is 410 g/mol. The van der Waals surface area contributed by atoms with E-state index in [1.165, 1.54) is 24.3 Å². The molecule has 148 valence electrons. The summed E-state index contributed by atoms with van der Waals surface area (Å²) in [6.07, 6.45) is 0.804. The van der Waals surface area contributed by atoms with Crippen LogP contribution >= 0.6 is 0 Å². The summed E-state index contributed by atoms with van der Waals surface area (Å²) in [6.45, 7) is -0.563. The molecule has 0 fully saturated rings. The lowest BCUT2D eigenvalue weighted by atomic mass is 10.2. The first-order valence-corrected chi connectivity index (χ1v) is 9.64. The molecule has 0 saturated carbocycles. The molecule has 1 N–H and O–H groups in total. The van der Waals surface area contributed by atoms with Crippen molar-refractivity contribution in [2.24, 2.45) is 0 Å². The van der Waals surface area contributed by atoms with Crippen LogP contribution in [0.1, 0.15) is 15.9 Å². The normalized spacial score (nSPS) is 10.9. The van der Waals surface area contributed by atoms with Gasteiger partial charge >= 0.3 is 5.97 Å². The van der Waals surface area contributed by atoms with Gasteiger partial charge in [0.05, 0.1) is 10.5 Å². The lowest BCUT2D eigenvalue weighted by Crippen LogP contribution is -2.28. The van der Waals surface area contributed by atoms with Crippen molar-refractivity contribution in [1.82, 2.24) is 5.32 Å². The van der Waals surface area contributed by atoms with Gasteiger partial charge in [-0.2, -0.15) is 0 Å². The third-order valence-electron chi connectivity index (χ3n) is 3.53. The fraction of sp³-hybridized carbons (Fsp3) is 0.176. The van der Waals surface area contributed by atoms with E-state index < -0.39 is 49.6 Å². The van der Waals surface area contributed by atoms with Crippen LogP contribution in [0.25, 0.3) is 0 Å². The third-order valence-corrected chi connectivity index (χ3v) is 4.67. The number of hydrogen-bond donors (Lipinski definition) is 1. The number of nitrogens with one attached hydrogen (secondary N) is 1. The number of carbonyl (C=O) groups excluding carboxylic acids is 2. The highest BCUT2D eigenvalue weighted by atomic mass is 32.2. The van der Waals surface area contributed by atoms with E-state index in [0.29, 0.717) is 5.56 Å².